The van der Waals surface area contributed by atoms with Crippen LogP contribution in [0.1, 0.15) is 12.8 Å². The van der Waals surface area contributed by atoms with Gasteiger partial charge in [-0.25, -0.2) is 4.42 Å². The minimum absolute atomic E-state index is 0.0320. The SMILES string of the molecule is O=C1CCC(=O)N(Cl)C1. The van der Waals surface area contributed by atoms with Crippen molar-refractivity contribution in [3.63, 3.8) is 0 Å². The molecule has 1 aliphatic heterocycles. The Morgan fingerprint density at radius 3 is 2.44 bits per heavy atom. The second kappa shape index (κ2) is 2.35. The van der Waals surface area contributed by atoms with E-state index in [0.29, 0.717) is 6.42 Å². The van der Waals surface area contributed by atoms with Crippen LogP contribution in [0.15, 0.2) is 0 Å². The maximum atomic E-state index is 10.6. The normalized spacial score (nSPS) is 20.8. The fourth-order valence-electron chi connectivity index (χ4n) is 0.690. The van der Waals surface area contributed by atoms with Gasteiger partial charge in [0.25, 0.3) is 0 Å². The minimum Gasteiger partial charge on any atom is -0.298 e. The van der Waals surface area contributed by atoms with E-state index >= 15 is 0 Å². The molecule has 0 aromatic rings. The predicted molar refractivity (Wildman–Crippen MR) is 31.8 cm³/mol. The molecular weight excluding hydrogens is 142 g/mol. The number of hydrogen-bond acceptors (Lipinski definition) is 2. The lowest BCUT2D eigenvalue weighted by atomic mass is 10.1. The minimum atomic E-state index is -0.156. The van der Waals surface area contributed by atoms with Gasteiger partial charge in [-0.3, -0.25) is 9.59 Å². The molecule has 0 spiro atoms. The molecule has 0 aromatic carbocycles. The lowest BCUT2D eigenvalue weighted by molar-refractivity contribution is -0.135. The molecule has 1 rings (SSSR count). The first-order valence-electron chi connectivity index (χ1n) is 2.68. The highest BCUT2D eigenvalue weighted by molar-refractivity contribution is 6.23. The second-order valence-corrected chi connectivity index (χ2v) is 2.36. The fourth-order valence-corrected chi connectivity index (χ4v) is 0.908. The first-order valence-corrected chi connectivity index (χ1v) is 3.02. The number of carbonyl (C=O) groups is 2. The average Bonchev–Trinajstić information content (AvgIpc) is 1.80. The zero-order valence-corrected chi connectivity index (χ0v) is 5.52. The molecular formula is C5H6ClNO2. The molecule has 50 valence electrons. The van der Waals surface area contributed by atoms with Gasteiger partial charge in [-0.15, -0.1) is 0 Å². The molecule has 0 N–H and O–H groups in total. The number of amides is 1. The lowest BCUT2D eigenvalue weighted by Gasteiger charge is -2.16. The number of halogens is 1. The van der Waals surface area contributed by atoms with Crippen LogP contribution in [0.2, 0.25) is 0 Å². The first-order chi connectivity index (χ1) is 4.20. The summed E-state index contributed by atoms with van der Waals surface area (Å²) in [4.78, 5) is 21.1. The van der Waals surface area contributed by atoms with Crippen LogP contribution in [0.5, 0.6) is 0 Å². The summed E-state index contributed by atoms with van der Waals surface area (Å²) in [7, 11) is 0. The number of rotatable bonds is 0. The third-order valence-electron chi connectivity index (χ3n) is 1.20. The standard InChI is InChI=1S/C5H6ClNO2/c6-7-3-4(8)1-2-5(7)9/h1-3H2. The van der Waals surface area contributed by atoms with Gasteiger partial charge in [0, 0.05) is 24.6 Å². The molecule has 0 unspecified atom stereocenters. The van der Waals surface area contributed by atoms with Crippen LogP contribution in [-0.2, 0) is 9.59 Å². The van der Waals surface area contributed by atoms with Gasteiger partial charge in [0.15, 0.2) is 5.78 Å². The van der Waals surface area contributed by atoms with Crippen molar-refractivity contribution in [2.75, 3.05) is 6.54 Å². The van der Waals surface area contributed by atoms with E-state index in [0.717, 1.165) is 4.42 Å². The van der Waals surface area contributed by atoms with Crippen molar-refractivity contribution in [2.24, 2.45) is 0 Å². The maximum Gasteiger partial charge on any atom is 0.237 e. The summed E-state index contributed by atoms with van der Waals surface area (Å²) in [5.74, 6) is -0.124. The fraction of sp³-hybridized carbons (Fsp3) is 0.600. The molecule has 1 aliphatic rings. The Morgan fingerprint density at radius 2 is 2.00 bits per heavy atom. The zero-order valence-electron chi connectivity index (χ0n) is 4.76. The molecule has 9 heavy (non-hydrogen) atoms. The van der Waals surface area contributed by atoms with Gasteiger partial charge in [-0.05, 0) is 0 Å². The Kier molecular flexibility index (Phi) is 1.71. The zero-order chi connectivity index (χ0) is 6.85. The average molecular weight is 148 g/mol. The molecule has 4 heteroatoms. The molecule has 1 amide bonds. The summed E-state index contributed by atoms with van der Waals surface area (Å²) < 4.78 is 0.936. The van der Waals surface area contributed by atoms with Gasteiger partial charge in [-0.1, -0.05) is 0 Å². The number of Topliss-reactive ketones (excluding diaryl/α,β-unsaturated/α-hetero) is 1. The smallest absolute Gasteiger partial charge is 0.237 e. The molecule has 0 aromatic heterocycles. The number of piperidine rings is 1. The van der Waals surface area contributed by atoms with Gasteiger partial charge < -0.3 is 0 Å². The van der Waals surface area contributed by atoms with Gasteiger partial charge in [0.05, 0.1) is 6.54 Å². The van der Waals surface area contributed by atoms with Crippen molar-refractivity contribution in [3.8, 4) is 0 Å². The molecule has 0 radical (unpaired) electrons. The van der Waals surface area contributed by atoms with Crippen molar-refractivity contribution in [2.45, 2.75) is 12.8 Å². The molecule has 1 fully saturated rings. The van der Waals surface area contributed by atoms with Crippen molar-refractivity contribution >= 4 is 23.5 Å². The van der Waals surface area contributed by atoms with Gasteiger partial charge in [-0.2, -0.15) is 0 Å². The quantitative estimate of drug-likeness (QED) is 0.463. The summed E-state index contributed by atoms with van der Waals surface area (Å²) in [6.45, 7) is 0.0698. The van der Waals surface area contributed by atoms with Crippen molar-refractivity contribution in [3.05, 3.63) is 0 Å². The summed E-state index contributed by atoms with van der Waals surface area (Å²) in [5, 5.41) is 0. The summed E-state index contributed by atoms with van der Waals surface area (Å²) >= 11 is 5.32. The van der Waals surface area contributed by atoms with Crippen molar-refractivity contribution < 1.29 is 9.59 Å². The topological polar surface area (TPSA) is 37.4 Å². The third-order valence-corrected chi connectivity index (χ3v) is 1.51. The van der Waals surface area contributed by atoms with Crippen LogP contribution < -0.4 is 0 Å². The largest absolute Gasteiger partial charge is 0.298 e. The van der Waals surface area contributed by atoms with Gasteiger partial charge >= 0.3 is 0 Å². The molecule has 0 atom stereocenters. The van der Waals surface area contributed by atoms with E-state index in [-0.39, 0.29) is 24.7 Å². The highest BCUT2D eigenvalue weighted by Crippen LogP contribution is 2.08. The molecule has 1 heterocycles. The molecule has 3 nitrogen and oxygen atoms in total. The maximum absolute atomic E-state index is 10.6. The Balaban J connectivity index is 2.54. The van der Waals surface area contributed by atoms with Crippen molar-refractivity contribution in [1.82, 2.24) is 4.42 Å². The van der Waals surface area contributed by atoms with Gasteiger partial charge in [0.2, 0.25) is 5.91 Å². The Hall–Kier alpha value is -0.570. The van der Waals surface area contributed by atoms with Gasteiger partial charge in [0.1, 0.15) is 0 Å². The van der Waals surface area contributed by atoms with Crippen LogP contribution in [0.4, 0.5) is 0 Å². The third kappa shape index (κ3) is 1.42. The van der Waals surface area contributed by atoms with E-state index in [1.807, 2.05) is 0 Å². The number of hydrogen-bond donors (Lipinski definition) is 0. The van der Waals surface area contributed by atoms with Crippen molar-refractivity contribution in [1.29, 1.82) is 0 Å². The molecule has 0 aliphatic carbocycles. The van der Waals surface area contributed by atoms with Crippen LogP contribution in [0.25, 0.3) is 0 Å². The Morgan fingerprint density at radius 1 is 1.33 bits per heavy atom. The highest BCUT2D eigenvalue weighted by Gasteiger charge is 2.21. The second-order valence-electron chi connectivity index (χ2n) is 1.95. The van der Waals surface area contributed by atoms with E-state index in [1.165, 1.54) is 0 Å². The number of ketones is 1. The molecule has 1 saturated heterocycles. The highest BCUT2D eigenvalue weighted by atomic mass is 35.5. The van der Waals surface area contributed by atoms with E-state index in [4.69, 9.17) is 11.8 Å². The van der Waals surface area contributed by atoms with E-state index in [1.54, 1.807) is 0 Å². The van der Waals surface area contributed by atoms with E-state index in [2.05, 4.69) is 0 Å². The lowest BCUT2D eigenvalue weighted by Crippen LogP contribution is -2.33. The predicted octanol–water partition coefficient (Wildman–Crippen LogP) is 0.332. The van der Waals surface area contributed by atoms with Crippen LogP contribution in [-0.4, -0.2) is 22.7 Å². The van der Waals surface area contributed by atoms with E-state index < -0.39 is 0 Å². The summed E-state index contributed by atoms with van der Waals surface area (Å²) in [5.41, 5.74) is 0. The molecule has 0 saturated carbocycles. The van der Waals surface area contributed by atoms with Crippen LogP contribution in [0, 0.1) is 0 Å². The number of nitrogens with zero attached hydrogens (tertiary/aromatic N) is 1. The molecule has 0 bridgehead atoms. The number of carbonyl (C=O) groups excluding carboxylic acids is 2. The first kappa shape index (κ1) is 6.55. The van der Waals surface area contributed by atoms with E-state index in [9.17, 15) is 9.59 Å². The summed E-state index contributed by atoms with van der Waals surface area (Å²) in [6.07, 6.45) is 0.615. The van der Waals surface area contributed by atoms with Crippen LogP contribution in [0.3, 0.4) is 0 Å². The Labute approximate surface area is 57.7 Å². The Bertz CT molecular complexity index is 157. The monoisotopic (exact) mass is 147 g/mol. The van der Waals surface area contributed by atoms with Crippen LogP contribution >= 0.6 is 11.8 Å². The summed E-state index contributed by atoms with van der Waals surface area (Å²) in [6, 6.07) is 0.